The Morgan fingerprint density at radius 1 is 1.48 bits per heavy atom. The van der Waals surface area contributed by atoms with Crippen molar-refractivity contribution in [1.82, 2.24) is 4.90 Å². The molecule has 1 aromatic carbocycles. The molecule has 1 aliphatic rings. The summed E-state index contributed by atoms with van der Waals surface area (Å²) in [7, 11) is 0. The Labute approximate surface area is 125 Å². The topological polar surface area (TPSA) is 67.6 Å². The smallest absolute Gasteiger partial charge is 0.292 e. The summed E-state index contributed by atoms with van der Waals surface area (Å²) in [5.41, 5.74) is 1.68. The van der Waals surface area contributed by atoms with Crippen LogP contribution in [0.4, 0.5) is 11.4 Å². The van der Waals surface area contributed by atoms with E-state index in [1.54, 1.807) is 12.1 Å². The maximum absolute atomic E-state index is 11.2. The van der Waals surface area contributed by atoms with Gasteiger partial charge < -0.3 is 10.1 Å². The van der Waals surface area contributed by atoms with Crippen LogP contribution in [0.15, 0.2) is 18.2 Å². The highest BCUT2D eigenvalue weighted by Gasteiger charge is 2.24. The molecule has 0 aromatic heterocycles. The molecule has 0 aliphatic carbocycles. The number of hydrogen-bond donors (Lipinski definition) is 1. The molecule has 6 nitrogen and oxygen atoms in total. The average Bonchev–Trinajstić information content (AvgIpc) is 2.44. The number of nitro benzene ring substituents is 1. The zero-order valence-electron chi connectivity index (χ0n) is 12.8. The summed E-state index contributed by atoms with van der Waals surface area (Å²) >= 11 is 0. The molecular weight excluding hydrogens is 270 g/mol. The Morgan fingerprint density at radius 2 is 2.24 bits per heavy atom. The molecule has 1 aromatic rings. The summed E-state index contributed by atoms with van der Waals surface area (Å²) in [6, 6.07) is 5.75. The van der Waals surface area contributed by atoms with Gasteiger partial charge in [-0.2, -0.15) is 0 Å². The highest BCUT2D eigenvalue weighted by molar-refractivity contribution is 5.62. The van der Waals surface area contributed by atoms with Crippen molar-refractivity contribution in [3.8, 4) is 0 Å². The first kappa shape index (κ1) is 15.7. The van der Waals surface area contributed by atoms with Gasteiger partial charge in [-0.3, -0.25) is 15.0 Å². The Kier molecular flexibility index (Phi) is 5.14. The van der Waals surface area contributed by atoms with Crippen molar-refractivity contribution in [3.63, 3.8) is 0 Å². The normalized spacial score (nSPS) is 23.0. The van der Waals surface area contributed by atoms with E-state index in [2.05, 4.69) is 24.1 Å². The number of ether oxygens (including phenoxy) is 1. The van der Waals surface area contributed by atoms with Crippen LogP contribution in [-0.2, 0) is 11.3 Å². The van der Waals surface area contributed by atoms with E-state index in [0.29, 0.717) is 31.4 Å². The molecule has 0 bridgehead atoms. The number of nitrogens with one attached hydrogen (secondary N) is 1. The van der Waals surface area contributed by atoms with Crippen LogP contribution in [0.3, 0.4) is 0 Å². The molecule has 2 unspecified atom stereocenters. The van der Waals surface area contributed by atoms with Crippen molar-refractivity contribution >= 4 is 11.4 Å². The Hall–Kier alpha value is -1.66. The van der Waals surface area contributed by atoms with Crippen LogP contribution in [0, 0.1) is 10.1 Å². The van der Waals surface area contributed by atoms with Gasteiger partial charge in [0, 0.05) is 31.7 Å². The van der Waals surface area contributed by atoms with Crippen LogP contribution in [-0.4, -0.2) is 41.7 Å². The number of morpholine rings is 1. The molecule has 0 spiro atoms. The lowest BCUT2D eigenvalue weighted by atomic mass is 10.1. The molecular formula is C15H23N3O3. The summed E-state index contributed by atoms with van der Waals surface area (Å²) < 4.78 is 5.61. The lowest BCUT2D eigenvalue weighted by molar-refractivity contribution is -0.384. The van der Waals surface area contributed by atoms with Crippen LogP contribution in [0.5, 0.6) is 0 Å². The Bertz CT molecular complexity index is 507. The van der Waals surface area contributed by atoms with Gasteiger partial charge in [-0.1, -0.05) is 6.07 Å². The Morgan fingerprint density at radius 3 is 2.90 bits per heavy atom. The fraction of sp³-hybridized carbons (Fsp3) is 0.600. The second kappa shape index (κ2) is 6.87. The second-order valence-electron chi connectivity index (χ2n) is 5.56. The summed E-state index contributed by atoms with van der Waals surface area (Å²) in [4.78, 5) is 13.2. The van der Waals surface area contributed by atoms with Crippen LogP contribution in [0.2, 0.25) is 0 Å². The highest BCUT2D eigenvalue weighted by Crippen LogP contribution is 2.26. The van der Waals surface area contributed by atoms with Crippen LogP contribution in [0.1, 0.15) is 26.3 Å². The zero-order valence-corrected chi connectivity index (χ0v) is 12.8. The number of hydrogen-bond acceptors (Lipinski definition) is 5. The van der Waals surface area contributed by atoms with E-state index in [4.69, 9.17) is 4.74 Å². The zero-order chi connectivity index (χ0) is 15.4. The third-order valence-electron chi connectivity index (χ3n) is 3.75. The van der Waals surface area contributed by atoms with Crippen molar-refractivity contribution in [3.05, 3.63) is 33.9 Å². The number of benzene rings is 1. The van der Waals surface area contributed by atoms with Crippen LogP contribution in [0.25, 0.3) is 0 Å². The van der Waals surface area contributed by atoms with Gasteiger partial charge in [-0.05, 0) is 32.4 Å². The van der Waals surface area contributed by atoms with E-state index in [0.717, 1.165) is 12.1 Å². The number of nitrogens with zero attached hydrogens (tertiary/aromatic N) is 2. The number of rotatable bonds is 5. The minimum atomic E-state index is -0.327. The van der Waals surface area contributed by atoms with Crippen molar-refractivity contribution in [2.24, 2.45) is 0 Å². The minimum absolute atomic E-state index is 0.142. The van der Waals surface area contributed by atoms with Gasteiger partial charge in [-0.25, -0.2) is 0 Å². The van der Waals surface area contributed by atoms with Gasteiger partial charge in [0.05, 0.1) is 17.6 Å². The third-order valence-corrected chi connectivity index (χ3v) is 3.75. The van der Waals surface area contributed by atoms with E-state index < -0.39 is 0 Å². The van der Waals surface area contributed by atoms with Gasteiger partial charge in [0.25, 0.3) is 5.69 Å². The van der Waals surface area contributed by atoms with Crippen molar-refractivity contribution < 1.29 is 9.66 Å². The fourth-order valence-corrected chi connectivity index (χ4v) is 2.59. The molecule has 1 saturated heterocycles. The van der Waals surface area contributed by atoms with Gasteiger partial charge in [0.15, 0.2) is 0 Å². The molecule has 2 rings (SSSR count). The predicted molar refractivity (Wildman–Crippen MR) is 82.5 cm³/mol. The first-order chi connectivity index (χ1) is 10.0. The summed E-state index contributed by atoms with van der Waals surface area (Å²) in [5, 5.41) is 14.2. The van der Waals surface area contributed by atoms with E-state index in [1.807, 2.05) is 13.0 Å². The monoisotopic (exact) mass is 293 g/mol. The predicted octanol–water partition coefficient (Wildman–Crippen LogP) is 2.64. The SMILES string of the molecule is CCNc1ccc(CN2CC(C)OCC2C)cc1[N+](=O)[O-]. The first-order valence-electron chi connectivity index (χ1n) is 7.38. The first-order valence-corrected chi connectivity index (χ1v) is 7.38. The Balaban J connectivity index is 2.16. The molecule has 2 atom stereocenters. The van der Waals surface area contributed by atoms with Crippen molar-refractivity contribution in [2.75, 3.05) is 25.0 Å². The summed E-state index contributed by atoms with van der Waals surface area (Å²) in [6.45, 7) is 9.03. The summed E-state index contributed by atoms with van der Waals surface area (Å²) in [5.74, 6) is 0. The van der Waals surface area contributed by atoms with Crippen molar-refractivity contribution in [2.45, 2.75) is 39.5 Å². The van der Waals surface area contributed by atoms with Crippen molar-refractivity contribution in [1.29, 1.82) is 0 Å². The molecule has 0 radical (unpaired) electrons. The number of anilines is 1. The maximum atomic E-state index is 11.2. The van der Waals surface area contributed by atoms with Gasteiger partial charge in [0.2, 0.25) is 0 Å². The van der Waals surface area contributed by atoms with Crippen LogP contribution >= 0.6 is 0 Å². The lowest BCUT2D eigenvalue weighted by Gasteiger charge is -2.36. The van der Waals surface area contributed by atoms with Gasteiger partial charge >= 0.3 is 0 Å². The van der Waals surface area contributed by atoms with E-state index in [9.17, 15) is 10.1 Å². The molecule has 21 heavy (non-hydrogen) atoms. The minimum Gasteiger partial charge on any atom is -0.380 e. The second-order valence-corrected chi connectivity index (χ2v) is 5.56. The molecule has 1 heterocycles. The summed E-state index contributed by atoms with van der Waals surface area (Å²) in [6.07, 6.45) is 0.206. The molecule has 1 N–H and O–H groups in total. The van der Waals surface area contributed by atoms with E-state index >= 15 is 0 Å². The van der Waals surface area contributed by atoms with Gasteiger partial charge in [-0.15, -0.1) is 0 Å². The molecule has 1 aliphatic heterocycles. The molecule has 116 valence electrons. The third kappa shape index (κ3) is 3.92. The van der Waals surface area contributed by atoms with E-state index in [1.165, 1.54) is 0 Å². The molecule has 0 amide bonds. The van der Waals surface area contributed by atoms with E-state index in [-0.39, 0.29) is 16.7 Å². The lowest BCUT2D eigenvalue weighted by Crippen LogP contribution is -2.46. The largest absolute Gasteiger partial charge is 0.380 e. The average molecular weight is 293 g/mol. The molecule has 1 fully saturated rings. The maximum Gasteiger partial charge on any atom is 0.292 e. The number of nitro groups is 1. The highest BCUT2D eigenvalue weighted by atomic mass is 16.6. The van der Waals surface area contributed by atoms with Gasteiger partial charge in [0.1, 0.15) is 5.69 Å². The fourth-order valence-electron chi connectivity index (χ4n) is 2.59. The van der Waals surface area contributed by atoms with Crippen LogP contribution < -0.4 is 5.32 Å². The molecule has 0 saturated carbocycles. The molecule has 6 heteroatoms. The quantitative estimate of drug-likeness (QED) is 0.667. The standard InChI is InChI=1S/C15H23N3O3/c1-4-16-14-6-5-13(7-15(14)18(19)20)9-17-8-12(3)21-10-11(17)2/h5-7,11-12,16H,4,8-10H2,1-3H3.